The summed E-state index contributed by atoms with van der Waals surface area (Å²) in [5, 5.41) is 0. The SMILES string of the molecule is CCOC(=O)c1c(C)c(OCc2ccccc2)c(-c2cccnc2)n1-c1ccc(OC)cc1. The maximum Gasteiger partial charge on any atom is 0.355 e. The molecule has 2 aromatic heterocycles. The summed E-state index contributed by atoms with van der Waals surface area (Å²) in [6, 6.07) is 21.3. The van der Waals surface area contributed by atoms with Gasteiger partial charge in [-0.2, -0.15) is 0 Å². The summed E-state index contributed by atoms with van der Waals surface area (Å²) in [4.78, 5) is 17.4. The summed E-state index contributed by atoms with van der Waals surface area (Å²) in [6.45, 7) is 4.31. The van der Waals surface area contributed by atoms with Gasteiger partial charge in [0, 0.05) is 29.2 Å². The average Bonchev–Trinajstić information content (AvgIpc) is 3.16. The highest BCUT2D eigenvalue weighted by Gasteiger charge is 2.29. The van der Waals surface area contributed by atoms with E-state index in [1.807, 2.05) is 78.2 Å². The molecule has 4 aromatic rings. The van der Waals surface area contributed by atoms with Gasteiger partial charge < -0.3 is 14.2 Å². The highest BCUT2D eigenvalue weighted by Crippen LogP contribution is 2.41. The van der Waals surface area contributed by atoms with E-state index in [2.05, 4.69) is 4.98 Å². The first-order valence-corrected chi connectivity index (χ1v) is 10.8. The molecule has 0 radical (unpaired) electrons. The number of hydrogen-bond donors (Lipinski definition) is 0. The Labute approximate surface area is 193 Å². The maximum absolute atomic E-state index is 13.1. The molecule has 0 aliphatic carbocycles. The highest BCUT2D eigenvalue weighted by atomic mass is 16.5. The summed E-state index contributed by atoms with van der Waals surface area (Å²) >= 11 is 0. The van der Waals surface area contributed by atoms with Crippen molar-refractivity contribution in [3.8, 4) is 28.4 Å². The molecule has 0 aliphatic heterocycles. The van der Waals surface area contributed by atoms with Crippen molar-refractivity contribution in [1.82, 2.24) is 9.55 Å². The van der Waals surface area contributed by atoms with Gasteiger partial charge in [-0.15, -0.1) is 0 Å². The van der Waals surface area contributed by atoms with Crippen LogP contribution >= 0.6 is 0 Å². The van der Waals surface area contributed by atoms with Gasteiger partial charge in [0.2, 0.25) is 0 Å². The molecule has 2 aromatic carbocycles. The molecule has 4 rings (SSSR count). The van der Waals surface area contributed by atoms with Crippen molar-refractivity contribution in [3.63, 3.8) is 0 Å². The lowest BCUT2D eigenvalue weighted by molar-refractivity contribution is 0.0516. The molecule has 0 N–H and O–H groups in total. The second-order valence-corrected chi connectivity index (χ2v) is 7.42. The zero-order valence-corrected chi connectivity index (χ0v) is 18.9. The first kappa shape index (κ1) is 22.1. The summed E-state index contributed by atoms with van der Waals surface area (Å²) in [7, 11) is 1.62. The smallest absolute Gasteiger partial charge is 0.355 e. The highest BCUT2D eigenvalue weighted by molar-refractivity contribution is 5.94. The van der Waals surface area contributed by atoms with Crippen molar-refractivity contribution in [1.29, 1.82) is 0 Å². The Morgan fingerprint density at radius 2 is 1.76 bits per heavy atom. The Hall–Kier alpha value is -4.06. The van der Waals surface area contributed by atoms with E-state index < -0.39 is 5.97 Å². The number of carbonyl (C=O) groups excluding carboxylic acids is 1. The molecule has 0 saturated carbocycles. The molecule has 0 amide bonds. The third-order valence-corrected chi connectivity index (χ3v) is 5.32. The fourth-order valence-corrected chi connectivity index (χ4v) is 3.77. The van der Waals surface area contributed by atoms with Gasteiger partial charge in [-0.25, -0.2) is 4.79 Å². The molecule has 0 atom stereocenters. The normalized spacial score (nSPS) is 10.6. The van der Waals surface area contributed by atoms with E-state index in [0.717, 1.165) is 28.3 Å². The minimum absolute atomic E-state index is 0.272. The maximum atomic E-state index is 13.1. The summed E-state index contributed by atoms with van der Waals surface area (Å²) < 4.78 is 19.0. The van der Waals surface area contributed by atoms with Crippen LogP contribution in [0.5, 0.6) is 11.5 Å². The van der Waals surface area contributed by atoms with Gasteiger partial charge in [-0.1, -0.05) is 30.3 Å². The number of esters is 1. The third-order valence-electron chi connectivity index (χ3n) is 5.32. The van der Waals surface area contributed by atoms with Gasteiger partial charge in [-0.3, -0.25) is 9.55 Å². The monoisotopic (exact) mass is 442 g/mol. The minimum atomic E-state index is -0.412. The molecule has 0 aliphatic rings. The Morgan fingerprint density at radius 3 is 2.39 bits per heavy atom. The fraction of sp³-hybridized carbons (Fsp3) is 0.185. The Balaban J connectivity index is 1.93. The van der Waals surface area contributed by atoms with Crippen molar-refractivity contribution in [2.75, 3.05) is 13.7 Å². The number of methoxy groups -OCH3 is 1. The van der Waals surface area contributed by atoms with Gasteiger partial charge in [0.05, 0.1) is 19.4 Å². The van der Waals surface area contributed by atoms with Crippen LogP contribution in [0.4, 0.5) is 0 Å². The van der Waals surface area contributed by atoms with Crippen LogP contribution in [0.15, 0.2) is 79.1 Å². The molecule has 33 heavy (non-hydrogen) atoms. The quantitative estimate of drug-likeness (QED) is 0.332. The molecule has 6 heteroatoms. The van der Waals surface area contributed by atoms with Crippen molar-refractivity contribution in [3.05, 3.63) is 95.9 Å². The standard InChI is InChI=1S/C27H26N2O4/c1-4-32-27(30)24-19(2)26(33-18-20-9-6-5-7-10-20)25(21-11-8-16-28-17-21)29(24)22-12-14-23(31-3)15-13-22/h5-17H,4,18H2,1-3H3. The second kappa shape index (κ2) is 10.0. The van der Waals surface area contributed by atoms with Crippen LogP contribution in [0.1, 0.15) is 28.5 Å². The molecule has 2 heterocycles. The minimum Gasteiger partial charge on any atom is -0.497 e. The lowest BCUT2D eigenvalue weighted by Crippen LogP contribution is -2.13. The van der Waals surface area contributed by atoms with E-state index in [0.29, 0.717) is 23.6 Å². The van der Waals surface area contributed by atoms with E-state index in [1.165, 1.54) is 0 Å². The zero-order valence-electron chi connectivity index (χ0n) is 18.9. The van der Waals surface area contributed by atoms with Crippen LogP contribution < -0.4 is 9.47 Å². The number of aromatic nitrogens is 2. The first-order valence-electron chi connectivity index (χ1n) is 10.8. The van der Waals surface area contributed by atoms with Crippen molar-refractivity contribution >= 4 is 5.97 Å². The molecule has 0 spiro atoms. The molecule has 0 fully saturated rings. The van der Waals surface area contributed by atoms with Gasteiger partial charge in [0.1, 0.15) is 23.8 Å². The van der Waals surface area contributed by atoms with Gasteiger partial charge in [0.15, 0.2) is 0 Å². The number of ether oxygens (including phenoxy) is 3. The van der Waals surface area contributed by atoms with E-state index in [4.69, 9.17) is 14.2 Å². The molecular weight excluding hydrogens is 416 g/mol. The van der Waals surface area contributed by atoms with E-state index in [1.54, 1.807) is 26.4 Å². The topological polar surface area (TPSA) is 62.6 Å². The van der Waals surface area contributed by atoms with Crippen molar-refractivity contribution in [2.24, 2.45) is 0 Å². The average molecular weight is 443 g/mol. The van der Waals surface area contributed by atoms with Crippen LogP contribution in [0.3, 0.4) is 0 Å². The fourth-order valence-electron chi connectivity index (χ4n) is 3.77. The molecule has 6 nitrogen and oxygen atoms in total. The predicted octanol–water partition coefficient (Wildman–Crippen LogP) is 5.61. The molecule has 0 unspecified atom stereocenters. The number of pyridine rings is 1. The molecule has 168 valence electrons. The third kappa shape index (κ3) is 4.60. The van der Waals surface area contributed by atoms with Crippen LogP contribution in [-0.2, 0) is 11.3 Å². The molecule has 0 saturated heterocycles. The lowest BCUT2D eigenvalue weighted by Gasteiger charge is -2.15. The van der Waals surface area contributed by atoms with E-state index in [-0.39, 0.29) is 6.61 Å². The largest absolute Gasteiger partial charge is 0.497 e. The van der Waals surface area contributed by atoms with Gasteiger partial charge >= 0.3 is 5.97 Å². The van der Waals surface area contributed by atoms with Crippen LogP contribution in [0.2, 0.25) is 0 Å². The van der Waals surface area contributed by atoms with E-state index in [9.17, 15) is 4.79 Å². The lowest BCUT2D eigenvalue weighted by atomic mass is 10.1. The predicted molar refractivity (Wildman–Crippen MR) is 127 cm³/mol. The number of hydrogen-bond acceptors (Lipinski definition) is 5. The zero-order chi connectivity index (χ0) is 23.2. The number of rotatable bonds is 8. The van der Waals surface area contributed by atoms with Gasteiger partial charge in [0.25, 0.3) is 0 Å². The van der Waals surface area contributed by atoms with Crippen LogP contribution in [0.25, 0.3) is 16.9 Å². The number of benzene rings is 2. The Bertz CT molecular complexity index is 1220. The molecule has 0 bridgehead atoms. The summed E-state index contributed by atoms with van der Waals surface area (Å²) in [5.74, 6) is 0.931. The summed E-state index contributed by atoms with van der Waals surface area (Å²) in [5.41, 5.74) is 4.52. The van der Waals surface area contributed by atoms with Gasteiger partial charge in [-0.05, 0) is 55.8 Å². The number of nitrogens with zero attached hydrogens (tertiary/aromatic N) is 2. The Kier molecular flexibility index (Phi) is 6.74. The Morgan fingerprint density at radius 1 is 1.00 bits per heavy atom. The van der Waals surface area contributed by atoms with Crippen LogP contribution in [0, 0.1) is 6.92 Å². The van der Waals surface area contributed by atoms with E-state index >= 15 is 0 Å². The second-order valence-electron chi connectivity index (χ2n) is 7.42. The van der Waals surface area contributed by atoms with Crippen molar-refractivity contribution < 1.29 is 19.0 Å². The number of carbonyl (C=O) groups is 1. The van der Waals surface area contributed by atoms with Crippen molar-refractivity contribution in [2.45, 2.75) is 20.5 Å². The summed E-state index contributed by atoms with van der Waals surface area (Å²) in [6.07, 6.45) is 3.48. The van der Waals surface area contributed by atoms with Crippen LogP contribution in [-0.4, -0.2) is 29.2 Å². The molecular formula is C27H26N2O4. The first-order chi connectivity index (χ1) is 16.1.